The lowest BCUT2D eigenvalue weighted by molar-refractivity contribution is 0.00307. The second kappa shape index (κ2) is 4.50. The van der Waals surface area contributed by atoms with E-state index in [2.05, 4.69) is 0 Å². The average molecular weight is 244 g/mol. The van der Waals surface area contributed by atoms with Crippen molar-refractivity contribution < 1.29 is 14.9 Å². The van der Waals surface area contributed by atoms with Gasteiger partial charge in [0.05, 0.1) is 12.7 Å². The van der Waals surface area contributed by atoms with Gasteiger partial charge in [0.1, 0.15) is 11.5 Å². The van der Waals surface area contributed by atoms with E-state index >= 15 is 0 Å². The molecule has 1 aliphatic heterocycles. The molecule has 1 heterocycles. The molecule has 0 aromatic heterocycles. The maximum absolute atomic E-state index is 9.43. The van der Waals surface area contributed by atoms with E-state index in [1.165, 1.54) is 5.56 Å². The lowest BCUT2D eigenvalue weighted by Crippen LogP contribution is -2.32. The Morgan fingerprint density at radius 3 is 2.67 bits per heavy atom. The molecule has 1 saturated heterocycles. The minimum atomic E-state index is 0.00312. The Morgan fingerprint density at radius 2 is 1.89 bits per heavy atom. The van der Waals surface area contributed by atoms with Gasteiger partial charge in [-0.25, -0.2) is 0 Å². The minimum absolute atomic E-state index is 0.00312. The molecule has 1 aromatic carbocycles. The molecular formula is C15H16O3. The van der Waals surface area contributed by atoms with E-state index in [-0.39, 0.29) is 6.10 Å². The van der Waals surface area contributed by atoms with Crippen molar-refractivity contribution in [3.05, 3.63) is 53.8 Å². The fraction of sp³-hybridized carbons (Fsp3) is 0.333. The predicted octanol–water partition coefficient (Wildman–Crippen LogP) is 2.89. The van der Waals surface area contributed by atoms with Crippen molar-refractivity contribution in [3.8, 4) is 5.75 Å². The van der Waals surface area contributed by atoms with Gasteiger partial charge in [-0.3, -0.25) is 0 Å². The normalized spacial score (nSPS) is 30.7. The summed E-state index contributed by atoms with van der Waals surface area (Å²) >= 11 is 0. The van der Waals surface area contributed by atoms with Gasteiger partial charge in [-0.05, 0) is 36.3 Å². The second-order valence-corrected chi connectivity index (χ2v) is 4.94. The number of hydrogen-bond acceptors (Lipinski definition) is 3. The van der Waals surface area contributed by atoms with E-state index in [0.29, 0.717) is 30.0 Å². The molecule has 0 radical (unpaired) electrons. The zero-order chi connectivity index (χ0) is 12.5. The summed E-state index contributed by atoms with van der Waals surface area (Å²) < 4.78 is 5.80. The van der Waals surface area contributed by atoms with Crippen LogP contribution in [0.15, 0.2) is 48.3 Å². The third-order valence-corrected chi connectivity index (χ3v) is 3.68. The van der Waals surface area contributed by atoms with Crippen LogP contribution in [-0.2, 0) is 4.74 Å². The highest BCUT2D eigenvalue weighted by atomic mass is 16.5. The third kappa shape index (κ3) is 2.14. The van der Waals surface area contributed by atoms with Crippen molar-refractivity contribution in [1.82, 2.24) is 0 Å². The van der Waals surface area contributed by atoms with Crippen molar-refractivity contribution in [1.29, 1.82) is 0 Å². The molecule has 1 aromatic rings. The van der Waals surface area contributed by atoms with Crippen LogP contribution in [0.5, 0.6) is 5.75 Å². The number of allylic oxidation sites excluding steroid dienone is 1. The van der Waals surface area contributed by atoms with E-state index in [4.69, 9.17) is 4.74 Å². The molecule has 2 unspecified atom stereocenters. The van der Waals surface area contributed by atoms with Crippen LogP contribution in [0.4, 0.5) is 0 Å². The van der Waals surface area contributed by atoms with E-state index in [1.807, 2.05) is 18.2 Å². The number of hydrogen-bond donors (Lipinski definition) is 2. The number of phenols is 1. The monoisotopic (exact) mass is 244 g/mol. The van der Waals surface area contributed by atoms with Crippen LogP contribution in [0.1, 0.15) is 17.9 Å². The van der Waals surface area contributed by atoms with Crippen LogP contribution in [0.25, 0.3) is 0 Å². The SMILES string of the molecule is OC1=CC2OC[C@H](c3ccc(O)cc3)CC2C=C1. The lowest BCUT2D eigenvalue weighted by Gasteiger charge is -2.35. The Hall–Kier alpha value is -1.74. The summed E-state index contributed by atoms with van der Waals surface area (Å²) in [5.74, 6) is 1.26. The van der Waals surface area contributed by atoms with Gasteiger partial charge in [-0.2, -0.15) is 0 Å². The van der Waals surface area contributed by atoms with Crippen molar-refractivity contribution in [2.75, 3.05) is 6.61 Å². The summed E-state index contributed by atoms with van der Waals surface area (Å²) in [5, 5.41) is 18.7. The van der Waals surface area contributed by atoms with Crippen molar-refractivity contribution in [3.63, 3.8) is 0 Å². The van der Waals surface area contributed by atoms with Crippen molar-refractivity contribution >= 4 is 0 Å². The molecule has 1 fully saturated rings. The highest BCUT2D eigenvalue weighted by Gasteiger charge is 2.31. The van der Waals surface area contributed by atoms with Crippen molar-refractivity contribution in [2.24, 2.45) is 5.92 Å². The van der Waals surface area contributed by atoms with Gasteiger partial charge in [-0.1, -0.05) is 18.2 Å². The van der Waals surface area contributed by atoms with Gasteiger partial charge in [0.15, 0.2) is 0 Å². The lowest BCUT2D eigenvalue weighted by atomic mass is 9.82. The molecule has 0 saturated carbocycles. The first-order valence-electron chi connectivity index (χ1n) is 6.22. The highest BCUT2D eigenvalue weighted by molar-refractivity contribution is 5.30. The molecule has 3 rings (SSSR count). The van der Waals surface area contributed by atoms with Crippen LogP contribution in [0.3, 0.4) is 0 Å². The zero-order valence-electron chi connectivity index (χ0n) is 9.99. The number of aliphatic hydroxyl groups excluding tert-OH is 1. The standard InChI is InChI=1S/C15H16O3/c16-13-4-1-10(2-5-13)12-7-11-3-6-14(17)8-15(11)18-9-12/h1-6,8,11-12,15-17H,7,9H2/t11?,12-,15?/m1/s1. The van der Waals surface area contributed by atoms with Crippen LogP contribution in [0, 0.1) is 5.92 Å². The Morgan fingerprint density at radius 1 is 1.11 bits per heavy atom. The second-order valence-electron chi connectivity index (χ2n) is 4.94. The molecule has 3 nitrogen and oxygen atoms in total. The maximum Gasteiger partial charge on any atom is 0.115 e. The van der Waals surface area contributed by atoms with Crippen LogP contribution in [-0.4, -0.2) is 22.9 Å². The number of phenolic OH excluding ortho intramolecular Hbond substituents is 1. The van der Waals surface area contributed by atoms with Gasteiger partial charge in [0.25, 0.3) is 0 Å². The Bertz CT molecular complexity index is 487. The minimum Gasteiger partial charge on any atom is -0.508 e. The molecule has 0 spiro atoms. The Kier molecular flexibility index (Phi) is 2.84. The van der Waals surface area contributed by atoms with E-state index < -0.39 is 0 Å². The maximum atomic E-state index is 9.43. The Labute approximate surface area is 106 Å². The van der Waals surface area contributed by atoms with Gasteiger partial charge >= 0.3 is 0 Å². The summed E-state index contributed by atoms with van der Waals surface area (Å²) in [6.45, 7) is 0.656. The van der Waals surface area contributed by atoms with Gasteiger partial charge in [-0.15, -0.1) is 0 Å². The molecule has 0 amide bonds. The molecule has 18 heavy (non-hydrogen) atoms. The van der Waals surface area contributed by atoms with Crippen molar-refractivity contribution in [2.45, 2.75) is 18.4 Å². The van der Waals surface area contributed by atoms with Crippen LogP contribution >= 0.6 is 0 Å². The topological polar surface area (TPSA) is 49.7 Å². The molecule has 2 aliphatic rings. The molecule has 0 bridgehead atoms. The largest absolute Gasteiger partial charge is 0.508 e. The number of fused-ring (bicyclic) bond motifs is 1. The highest BCUT2D eigenvalue weighted by Crippen LogP contribution is 2.35. The summed E-state index contributed by atoms with van der Waals surface area (Å²) in [6, 6.07) is 7.32. The zero-order valence-corrected chi connectivity index (χ0v) is 9.99. The molecule has 3 atom stereocenters. The van der Waals surface area contributed by atoms with Gasteiger partial charge < -0.3 is 14.9 Å². The summed E-state index contributed by atoms with van der Waals surface area (Å²) in [7, 11) is 0. The predicted molar refractivity (Wildman–Crippen MR) is 68.5 cm³/mol. The van der Waals surface area contributed by atoms with E-state index in [0.717, 1.165) is 6.42 Å². The average Bonchev–Trinajstić information content (AvgIpc) is 2.39. The molecule has 3 heteroatoms. The van der Waals surface area contributed by atoms with Crippen LogP contribution < -0.4 is 0 Å². The first kappa shape index (κ1) is 11.4. The molecule has 1 aliphatic carbocycles. The third-order valence-electron chi connectivity index (χ3n) is 3.68. The van der Waals surface area contributed by atoms with Gasteiger partial charge in [0.2, 0.25) is 0 Å². The number of aliphatic hydroxyl groups is 1. The summed E-state index contributed by atoms with van der Waals surface area (Å²) in [4.78, 5) is 0. The summed E-state index contributed by atoms with van der Waals surface area (Å²) in [5.41, 5.74) is 1.19. The number of rotatable bonds is 1. The van der Waals surface area contributed by atoms with Crippen LogP contribution in [0.2, 0.25) is 0 Å². The Balaban J connectivity index is 1.75. The molecular weight excluding hydrogens is 228 g/mol. The van der Waals surface area contributed by atoms with Gasteiger partial charge in [0, 0.05) is 11.8 Å². The first-order valence-corrected chi connectivity index (χ1v) is 6.22. The molecule has 2 N–H and O–H groups in total. The number of aromatic hydroxyl groups is 1. The van der Waals surface area contributed by atoms with E-state index in [9.17, 15) is 10.2 Å². The fourth-order valence-electron chi connectivity index (χ4n) is 2.67. The smallest absolute Gasteiger partial charge is 0.115 e. The van der Waals surface area contributed by atoms with E-state index in [1.54, 1.807) is 24.3 Å². The summed E-state index contributed by atoms with van der Waals surface area (Å²) in [6.07, 6.45) is 6.55. The fourth-order valence-corrected chi connectivity index (χ4v) is 2.67. The molecule has 94 valence electrons. The first-order chi connectivity index (χ1) is 8.72. The number of ether oxygens (including phenoxy) is 1. The quantitative estimate of drug-likeness (QED) is 0.798. The number of benzene rings is 1.